The molecule has 0 aliphatic rings. The first kappa shape index (κ1) is 8.45. The molecule has 1 aromatic heterocycles. The molecule has 2 aromatic rings. The summed E-state index contributed by atoms with van der Waals surface area (Å²) in [5.41, 5.74) is 1.04. The van der Waals surface area contributed by atoms with Gasteiger partial charge in [0.25, 0.3) is 0 Å². The summed E-state index contributed by atoms with van der Waals surface area (Å²) in [4.78, 5) is 0. The minimum Gasteiger partial charge on any atom is -0.495 e. The number of aryl methyl sites for hydroxylation is 1. The average molecular weight is 196 g/mol. The third kappa shape index (κ3) is 1.18. The SMILES string of the molecule is COc1ccc(Cl)c2ccn(C)c12. The van der Waals surface area contributed by atoms with Crippen LogP contribution in [0.15, 0.2) is 24.4 Å². The van der Waals surface area contributed by atoms with Crippen molar-refractivity contribution in [3.8, 4) is 5.75 Å². The van der Waals surface area contributed by atoms with E-state index >= 15 is 0 Å². The molecule has 0 radical (unpaired) electrons. The van der Waals surface area contributed by atoms with Crippen molar-refractivity contribution >= 4 is 22.5 Å². The molecule has 0 N–H and O–H groups in total. The van der Waals surface area contributed by atoms with Gasteiger partial charge in [-0.3, -0.25) is 0 Å². The van der Waals surface area contributed by atoms with Gasteiger partial charge >= 0.3 is 0 Å². The van der Waals surface area contributed by atoms with Crippen LogP contribution in [0.1, 0.15) is 0 Å². The van der Waals surface area contributed by atoms with Crippen molar-refractivity contribution in [3.05, 3.63) is 29.4 Å². The summed E-state index contributed by atoms with van der Waals surface area (Å²) >= 11 is 6.03. The van der Waals surface area contributed by atoms with Crippen LogP contribution in [-0.2, 0) is 7.05 Å². The molecule has 0 atom stereocenters. The highest BCUT2D eigenvalue weighted by Gasteiger charge is 2.07. The summed E-state index contributed by atoms with van der Waals surface area (Å²) < 4.78 is 7.24. The van der Waals surface area contributed by atoms with Gasteiger partial charge in [-0.25, -0.2) is 0 Å². The van der Waals surface area contributed by atoms with Crippen molar-refractivity contribution in [1.29, 1.82) is 0 Å². The van der Waals surface area contributed by atoms with Gasteiger partial charge in [0.05, 0.1) is 17.6 Å². The molecule has 2 nitrogen and oxygen atoms in total. The third-order valence-corrected chi connectivity index (χ3v) is 2.49. The van der Waals surface area contributed by atoms with Crippen molar-refractivity contribution in [2.24, 2.45) is 7.05 Å². The molecule has 0 fully saturated rings. The lowest BCUT2D eigenvalue weighted by Crippen LogP contribution is -1.90. The van der Waals surface area contributed by atoms with Crippen LogP contribution >= 0.6 is 11.6 Å². The highest BCUT2D eigenvalue weighted by molar-refractivity contribution is 6.35. The van der Waals surface area contributed by atoms with Crippen LogP contribution in [0, 0.1) is 0 Å². The molecule has 0 saturated heterocycles. The molecule has 0 aliphatic heterocycles. The molecular weight excluding hydrogens is 186 g/mol. The molecule has 1 aromatic carbocycles. The maximum absolute atomic E-state index is 6.03. The van der Waals surface area contributed by atoms with Gasteiger partial charge in [-0.15, -0.1) is 0 Å². The van der Waals surface area contributed by atoms with Gasteiger partial charge in [0, 0.05) is 18.6 Å². The average Bonchev–Trinajstić information content (AvgIpc) is 2.51. The second kappa shape index (κ2) is 2.96. The maximum atomic E-state index is 6.03. The van der Waals surface area contributed by atoms with Gasteiger partial charge in [-0.05, 0) is 18.2 Å². The van der Waals surface area contributed by atoms with E-state index in [2.05, 4.69) is 0 Å². The summed E-state index contributed by atoms with van der Waals surface area (Å²) in [5.74, 6) is 0.854. The Kier molecular flexibility index (Phi) is 1.93. The van der Waals surface area contributed by atoms with E-state index in [9.17, 15) is 0 Å². The Balaban J connectivity index is 2.88. The molecule has 0 unspecified atom stereocenters. The molecule has 0 saturated carbocycles. The zero-order valence-corrected chi connectivity index (χ0v) is 8.30. The number of nitrogens with zero attached hydrogens (tertiary/aromatic N) is 1. The fourth-order valence-electron chi connectivity index (χ4n) is 1.51. The number of rotatable bonds is 1. The smallest absolute Gasteiger partial charge is 0.143 e. The van der Waals surface area contributed by atoms with Crippen LogP contribution in [-0.4, -0.2) is 11.7 Å². The van der Waals surface area contributed by atoms with Crippen molar-refractivity contribution in [1.82, 2.24) is 4.57 Å². The fraction of sp³-hybridized carbons (Fsp3) is 0.200. The van der Waals surface area contributed by atoms with E-state index in [-0.39, 0.29) is 0 Å². The largest absolute Gasteiger partial charge is 0.495 e. The lowest BCUT2D eigenvalue weighted by atomic mass is 10.2. The van der Waals surface area contributed by atoms with E-state index in [0.717, 1.165) is 21.7 Å². The number of methoxy groups -OCH3 is 1. The zero-order chi connectivity index (χ0) is 9.42. The first-order chi connectivity index (χ1) is 6.24. The molecule has 68 valence electrons. The third-order valence-electron chi connectivity index (χ3n) is 2.16. The van der Waals surface area contributed by atoms with E-state index in [4.69, 9.17) is 16.3 Å². The lowest BCUT2D eigenvalue weighted by Gasteiger charge is -2.05. The highest BCUT2D eigenvalue weighted by Crippen LogP contribution is 2.31. The molecule has 0 spiro atoms. The Morgan fingerprint density at radius 1 is 1.31 bits per heavy atom. The van der Waals surface area contributed by atoms with E-state index < -0.39 is 0 Å². The number of hydrogen-bond donors (Lipinski definition) is 0. The maximum Gasteiger partial charge on any atom is 0.143 e. The van der Waals surface area contributed by atoms with Gasteiger partial charge < -0.3 is 9.30 Å². The number of ether oxygens (including phenoxy) is 1. The van der Waals surface area contributed by atoms with Crippen LogP contribution in [0.4, 0.5) is 0 Å². The zero-order valence-electron chi connectivity index (χ0n) is 7.54. The Morgan fingerprint density at radius 3 is 2.77 bits per heavy atom. The van der Waals surface area contributed by atoms with Crippen molar-refractivity contribution in [2.45, 2.75) is 0 Å². The Bertz CT molecular complexity index is 447. The summed E-state index contributed by atoms with van der Waals surface area (Å²) in [6.45, 7) is 0. The second-order valence-electron chi connectivity index (χ2n) is 2.94. The van der Waals surface area contributed by atoms with Gasteiger partial charge in [0.2, 0.25) is 0 Å². The predicted octanol–water partition coefficient (Wildman–Crippen LogP) is 2.84. The first-order valence-corrected chi connectivity index (χ1v) is 4.39. The lowest BCUT2D eigenvalue weighted by molar-refractivity contribution is 0.418. The van der Waals surface area contributed by atoms with Crippen molar-refractivity contribution in [3.63, 3.8) is 0 Å². The molecule has 2 rings (SSSR count). The minimum absolute atomic E-state index is 0.761. The first-order valence-electron chi connectivity index (χ1n) is 4.01. The molecule has 13 heavy (non-hydrogen) atoms. The molecule has 0 bridgehead atoms. The number of aromatic nitrogens is 1. The van der Waals surface area contributed by atoms with Gasteiger partial charge in [0.15, 0.2) is 0 Å². The van der Waals surface area contributed by atoms with Crippen LogP contribution in [0.3, 0.4) is 0 Å². The van der Waals surface area contributed by atoms with E-state index in [1.807, 2.05) is 36.0 Å². The Hall–Kier alpha value is -1.15. The molecule has 0 aliphatic carbocycles. The molecule has 1 heterocycles. The molecule has 0 amide bonds. The van der Waals surface area contributed by atoms with Crippen molar-refractivity contribution < 1.29 is 4.74 Å². The van der Waals surface area contributed by atoms with Gasteiger partial charge in [0.1, 0.15) is 5.75 Å². The summed E-state index contributed by atoms with van der Waals surface area (Å²) in [6, 6.07) is 5.72. The quantitative estimate of drug-likeness (QED) is 0.683. The highest BCUT2D eigenvalue weighted by atomic mass is 35.5. The van der Waals surface area contributed by atoms with Crippen molar-refractivity contribution in [2.75, 3.05) is 7.11 Å². The topological polar surface area (TPSA) is 14.2 Å². The van der Waals surface area contributed by atoms with Crippen LogP contribution in [0.25, 0.3) is 10.9 Å². The summed E-state index contributed by atoms with van der Waals surface area (Å²) in [5, 5.41) is 1.79. The summed E-state index contributed by atoms with van der Waals surface area (Å²) in [7, 11) is 3.64. The monoisotopic (exact) mass is 195 g/mol. The summed E-state index contributed by atoms with van der Waals surface area (Å²) in [6.07, 6.45) is 1.97. The number of hydrogen-bond acceptors (Lipinski definition) is 1. The number of halogens is 1. The normalized spacial score (nSPS) is 10.7. The van der Waals surface area contributed by atoms with Crippen LogP contribution < -0.4 is 4.74 Å². The number of benzene rings is 1. The van der Waals surface area contributed by atoms with Gasteiger partial charge in [-0.2, -0.15) is 0 Å². The Morgan fingerprint density at radius 2 is 2.08 bits per heavy atom. The second-order valence-corrected chi connectivity index (χ2v) is 3.35. The minimum atomic E-state index is 0.761. The fourth-order valence-corrected chi connectivity index (χ4v) is 1.73. The van der Waals surface area contributed by atoms with E-state index in [1.54, 1.807) is 7.11 Å². The predicted molar refractivity (Wildman–Crippen MR) is 54.5 cm³/mol. The van der Waals surface area contributed by atoms with Crippen LogP contribution in [0.2, 0.25) is 5.02 Å². The molecule has 3 heteroatoms. The standard InChI is InChI=1S/C10H10ClNO/c1-12-6-5-7-8(11)3-4-9(13-2)10(7)12/h3-6H,1-2H3. The van der Waals surface area contributed by atoms with Gasteiger partial charge in [-0.1, -0.05) is 11.6 Å². The van der Waals surface area contributed by atoms with E-state index in [1.165, 1.54) is 0 Å². The van der Waals surface area contributed by atoms with Crippen LogP contribution in [0.5, 0.6) is 5.75 Å². The Labute approximate surface area is 81.7 Å². The number of fused-ring (bicyclic) bond motifs is 1. The molecular formula is C10H10ClNO. The van der Waals surface area contributed by atoms with E-state index in [0.29, 0.717) is 0 Å².